The van der Waals surface area contributed by atoms with E-state index in [0.717, 1.165) is 0 Å². The summed E-state index contributed by atoms with van der Waals surface area (Å²) in [5, 5.41) is 0. The molecule has 0 aliphatic carbocycles. The van der Waals surface area contributed by atoms with Crippen LogP contribution in [-0.4, -0.2) is 41.7 Å². The van der Waals surface area contributed by atoms with Crippen LogP contribution in [0.5, 0.6) is 0 Å². The third-order valence-corrected chi connectivity index (χ3v) is 4.92. The second-order valence-corrected chi connectivity index (χ2v) is 8.96. The Morgan fingerprint density at radius 2 is 1.78 bits per heavy atom. The molecule has 152 valence electrons. The summed E-state index contributed by atoms with van der Waals surface area (Å²) in [5.41, 5.74) is 1.54. The van der Waals surface area contributed by atoms with E-state index in [2.05, 4.69) is 20.9 Å². The molecule has 1 aromatic heterocycles. The SMILES string of the molecule is Cc1nc(C)c([C@H](OC(C)(C)C)C(=O)OC(C)C)c(N2CC(F)(F)C2)c1Br. The Labute approximate surface area is 167 Å². The molecule has 1 aromatic rings. The molecule has 1 saturated heterocycles. The maximum absolute atomic E-state index is 13.5. The predicted octanol–water partition coefficient (Wildman–Crippen LogP) is 4.72. The molecular weight excluding hydrogens is 422 g/mol. The van der Waals surface area contributed by atoms with Gasteiger partial charge in [0.2, 0.25) is 0 Å². The van der Waals surface area contributed by atoms with Gasteiger partial charge in [-0.2, -0.15) is 0 Å². The van der Waals surface area contributed by atoms with Gasteiger partial charge in [0.25, 0.3) is 5.92 Å². The number of rotatable bonds is 5. The van der Waals surface area contributed by atoms with Crippen LogP contribution < -0.4 is 4.90 Å². The van der Waals surface area contributed by atoms with E-state index in [1.807, 2.05) is 20.8 Å². The van der Waals surface area contributed by atoms with Crippen LogP contribution in [0.1, 0.15) is 57.7 Å². The Morgan fingerprint density at radius 3 is 2.22 bits per heavy atom. The van der Waals surface area contributed by atoms with E-state index in [1.165, 1.54) is 0 Å². The molecule has 0 saturated carbocycles. The number of anilines is 1. The van der Waals surface area contributed by atoms with Crippen molar-refractivity contribution in [2.24, 2.45) is 0 Å². The van der Waals surface area contributed by atoms with Gasteiger partial charge in [-0.3, -0.25) is 4.98 Å². The Hall–Kier alpha value is -1.28. The fourth-order valence-corrected chi connectivity index (χ4v) is 3.54. The van der Waals surface area contributed by atoms with Crippen molar-refractivity contribution in [1.29, 1.82) is 0 Å². The van der Waals surface area contributed by atoms with Gasteiger partial charge >= 0.3 is 5.97 Å². The van der Waals surface area contributed by atoms with Gasteiger partial charge in [0.1, 0.15) is 0 Å². The van der Waals surface area contributed by atoms with Crippen molar-refractivity contribution < 1.29 is 23.0 Å². The highest BCUT2D eigenvalue weighted by Crippen LogP contribution is 2.44. The first kappa shape index (κ1) is 22.0. The lowest BCUT2D eigenvalue weighted by Gasteiger charge is -2.43. The molecule has 2 rings (SSSR count). The maximum Gasteiger partial charge on any atom is 0.340 e. The Kier molecular flexibility index (Phi) is 6.21. The second-order valence-electron chi connectivity index (χ2n) is 8.17. The van der Waals surface area contributed by atoms with E-state index < -0.39 is 36.7 Å². The number of aryl methyl sites for hydroxylation is 2. The molecule has 0 amide bonds. The maximum atomic E-state index is 13.5. The number of alkyl halides is 2. The van der Waals surface area contributed by atoms with Crippen molar-refractivity contribution in [3.8, 4) is 0 Å². The predicted molar refractivity (Wildman–Crippen MR) is 103 cm³/mol. The van der Waals surface area contributed by atoms with Crippen LogP contribution in [0.15, 0.2) is 4.47 Å². The summed E-state index contributed by atoms with van der Waals surface area (Å²) in [4.78, 5) is 18.9. The van der Waals surface area contributed by atoms with E-state index in [-0.39, 0.29) is 6.10 Å². The van der Waals surface area contributed by atoms with Crippen LogP contribution >= 0.6 is 15.9 Å². The Morgan fingerprint density at radius 1 is 1.22 bits per heavy atom. The summed E-state index contributed by atoms with van der Waals surface area (Å²) in [7, 11) is 0. The fraction of sp³-hybridized carbons (Fsp3) is 0.684. The van der Waals surface area contributed by atoms with Crippen molar-refractivity contribution in [1.82, 2.24) is 4.98 Å². The van der Waals surface area contributed by atoms with Crippen molar-refractivity contribution in [2.75, 3.05) is 18.0 Å². The van der Waals surface area contributed by atoms with E-state index >= 15 is 0 Å². The first-order chi connectivity index (χ1) is 12.2. The molecule has 1 aliphatic heterocycles. The Bertz CT molecular complexity index is 725. The molecule has 1 atom stereocenters. The smallest absolute Gasteiger partial charge is 0.340 e. The molecule has 27 heavy (non-hydrogen) atoms. The molecule has 1 aliphatic rings. The zero-order valence-electron chi connectivity index (χ0n) is 16.8. The number of ether oxygens (including phenoxy) is 2. The third-order valence-electron chi connectivity index (χ3n) is 3.97. The van der Waals surface area contributed by atoms with E-state index in [0.29, 0.717) is 27.1 Å². The van der Waals surface area contributed by atoms with Gasteiger partial charge in [-0.15, -0.1) is 0 Å². The van der Waals surface area contributed by atoms with Crippen LogP contribution in [0.2, 0.25) is 0 Å². The lowest BCUT2D eigenvalue weighted by Crippen LogP contribution is -2.57. The molecule has 1 fully saturated rings. The van der Waals surface area contributed by atoms with Crippen LogP contribution in [0.4, 0.5) is 14.5 Å². The fourth-order valence-electron chi connectivity index (χ4n) is 2.99. The number of hydrogen-bond donors (Lipinski definition) is 0. The molecular formula is C19H27BrF2N2O3. The molecule has 0 radical (unpaired) electrons. The number of carbonyl (C=O) groups excluding carboxylic acids is 1. The first-order valence-corrected chi connectivity index (χ1v) is 9.69. The summed E-state index contributed by atoms with van der Waals surface area (Å²) in [6.45, 7) is 11.7. The highest BCUT2D eigenvalue weighted by Gasteiger charge is 2.47. The average molecular weight is 449 g/mol. The summed E-state index contributed by atoms with van der Waals surface area (Å²) in [6.07, 6.45) is -1.40. The van der Waals surface area contributed by atoms with Crippen LogP contribution in [0.3, 0.4) is 0 Å². The number of pyridine rings is 1. The molecule has 0 unspecified atom stereocenters. The minimum atomic E-state index is -2.75. The zero-order chi connectivity index (χ0) is 20.7. The second kappa shape index (κ2) is 7.62. The van der Waals surface area contributed by atoms with E-state index in [9.17, 15) is 13.6 Å². The number of hydrogen-bond acceptors (Lipinski definition) is 5. The Balaban J connectivity index is 2.60. The molecule has 0 bridgehead atoms. The van der Waals surface area contributed by atoms with E-state index in [1.54, 1.807) is 32.6 Å². The lowest BCUT2D eigenvalue weighted by molar-refractivity contribution is -0.171. The first-order valence-electron chi connectivity index (χ1n) is 8.89. The molecule has 0 aromatic carbocycles. The number of aromatic nitrogens is 1. The summed E-state index contributed by atoms with van der Waals surface area (Å²) in [6, 6.07) is 0. The van der Waals surface area contributed by atoms with Gasteiger partial charge in [-0.25, -0.2) is 13.6 Å². The summed E-state index contributed by atoms with van der Waals surface area (Å²) >= 11 is 3.47. The van der Waals surface area contributed by atoms with Gasteiger partial charge < -0.3 is 14.4 Å². The number of carbonyl (C=O) groups is 1. The quantitative estimate of drug-likeness (QED) is 0.609. The normalized spacial score (nSPS) is 17.7. The van der Waals surface area contributed by atoms with Crippen molar-refractivity contribution in [3.63, 3.8) is 0 Å². The zero-order valence-corrected chi connectivity index (χ0v) is 18.4. The monoisotopic (exact) mass is 448 g/mol. The van der Waals surface area contributed by atoms with Gasteiger partial charge in [0.15, 0.2) is 6.10 Å². The van der Waals surface area contributed by atoms with Gasteiger partial charge in [-0.05, 0) is 64.4 Å². The molecule has 2 heterocycles. The van der Waals surface area contributed by atoms with Gasteiger partial charge in [0.05, 0.1) is 40.6 Å². The van der Waals surface area contributed by atoms with Gasteiger partial charge in [0, 0.05) is 11.3 Å². The number of halogens is 3. The highest BCUT2D eigenvalue weighted by molar-refractivity contribution is 9.10. The molecule has 0 spiro atoms. The van der Waals surface area contributed by atoms with Crippen LogP contribution in [0.25, 0.3) is 0 Å². The molecule has 5 nitrogen and oxygen atoms in total. The van der Waals surface area contributed by atoms with Crippen molar-refractivity contribution in [2.45, 2.75) is 72.2 Å². The van der Waals surface area contributed by atoms with Crippen molar-refractivity contribution >= 4 is 27.6 Å². The minimum absolute atomic E-state index is 0.331. The average Bonchev–Trinajstić information content (AvgIpc) is 2.44. The highest BCUT2D eigenvalue weighted by atomic mass is 79.9. The van der Waals surface area contributed by atoms with Gasteiger partial charge in [-0.1, -0.05) is 0 Å². The third kappa shape index (κ3) is 5.16. The lowest BCUT2D eigenvalue weighted by atomic mass is 9.99. The molecule has 0 N–H and O–H groups in total. The largest absolute Gasteiger partial charge is 0.461 e. The van der Waals surface area contributed by atoms with Crippen LogP contribution in [-0.2, 0) is 14.3 Å². The van der Waals surface area contributed by atoms with Crippen LogP contribution in [0, 0.1) is 13.8 Å². The van der Waals surface area contributed by atoms with Crippen molar-refractivity contribution in [3.05, 3.63) is 21.4 Å². The standard InChI is InChI=1S/C19H27BrF2N2O3/c1-10(2)26-17(25)16(27-18(5,6)7)13-11(3)23-12(4)14(20)15(13)24-8-19(21,22)9-24/h10,16H,8-9H2,1-7H3/t16-/m0/s1. The van der Waals surface area contributed by atoms with E-state index in [4.69, 9.17) is 9.47 Å². The minimum Gasteiger partial charge on any atom is -0.461 e. The topological polar surface area (TPSA) is 51.7 Å². The summed E-state index contributed by atoms with van der Waals surface area (Å²) in [5.74, 6) is -3.31. The number of nitrogens with zero attached hydrogens (tertiary/aromatic N) is 2. The summed E-state index contributed by atoms with van der Waals surface area (Å²) < 4.78 is 39.1. The number of esters is 1. The molecule has 8 heteroatoms.